The first-order valence-electron chi connectivity index (χ1n) is 5.81. The largest absolute Gasteiger partial charge is 0.328 e. The number of unbranched alkanes of at least 4 members (excludes halogenated alkanes) is 2. The number of rotatable bonds is 5. The van der Waals surface area contributed by atoms with Gasteiger partial charge in [0.15, 0.2) is 0 Å². The van der Waals surface area contributed by atoms with E-state index in [1.54, 1.807) is 0 Å². The summed E-state index contributed by atoms with van der Waals surface area (Å²) in [5, 5.41) is 0. The summed E-state index contributed by atoms with van der Waals surface area (Å²) in [6.07, 6.45) is 3.47. The summed E-state index contributed by atoms with van der Waals surface area (Å²) in [6.45, 7) is 3.12. The topological polar surface area (TPSA) is 17.8 Å². The van der Waals surface area contributed by atoms with Crippen molar-refractivity contribution < 1.29 is 0 Å². The Kier molecular flexibility index (Phi) is 3.83. The highest BCUT2D eigenvalue weighted by molar-refractivity contribution is 6.17. The summed E-state index contributed by atoms with van der Waals surface area (Å²) in [6, 6.07) is 8.31. The molecule has 0 amide bonds. The SMILES string of the molecule is Cc1nc2ccccc2n1CCCCCCl. The fourth-order valence-corrected chi connectivity index (χ4v) is 2.21. The van der Waals surface area contributed by atoms with E-state index in [4.69, 9.17) is 11.6 Å². The third-order valence-electron chi connectivity index (χ3n) is 2.86. The fourth-order valence-electron chi connectivity index (χ4n) is 2.02. The maximum Gasteiger partial charge on any atom is 0.106 e. The molecule has 0 unspecified atom stereocenters. The number of aromatic nitrogens is 2. The predicted octanol–water partition coefficient (Wildman–Crippen LogP) is 3.75. The number of fused-ring (bicyclic) bond motifs is 1. The summed E-state index contributed by atoms with van der Waals surface area (Å²) in [4.78, 5) is 4.55. The Labute approximate surface area is 101 Å². The van der Waals surface area contributed by atoms with Crippen molar-refractivity contribution in [1.29, 1.82) is 0 Å². The van der Waals surface area contributed by atoms with Gasteiger partial charge in [0.05, 0.1) is 11.0 Å². The first-order valence-corrected chi connectivity index (χ1v) is 6.34. The Balaban J connectivity index is 2.13. The highest BCUT2D eigenvalue weighted by Crippen LogP contribution is 2.16. The van der Waals surface area contributed by atoms with E-state index in [1.807, 2.05) is 6.07 Å². The number of halogens is 1. The molecule has 86 valence electrons. The molecule has 3 heteroatoms. The molecule has 0 radical (unpaired) electrons. The average Bonchev–Trinajstić information content (AvgIpc) is 2.61. The second-order valence-corrected chi connectivity index (χ2v) is 4.43. The van der Waals surface area contributed by atoms with Crippen LogP contribution >= 0.6 is 11.6 Å². The van der Waals surface area contributed by atoms with Gasteiger partial charge in [-0.3, -0.25) is 0 Å². The lowest BCUT2D eigenvalue weighted by atomic mass is 10.2. The Morgan fingerprint density at radius 1 is 1.19 bits per heavy atom. The van der Waals surface area contributed by atoms with Gasteiger partial charge >= 0.3 is 0 Å². The van der Waals surface area contributed by atoms with Crippen molar-refractivity contribution in [3.05, 3.63) is 30.1 Å². The van der Waals surface area contributed by atoms with Crippen LogP contribution < -0.4 is 0 Å². The predicted molar refractivity (Wildman–Crippen MR) is 69.0 cm³/mol. The summed E-state index contributed by atoms with van der Waals surface area (Å²) >= 11 is 5.67. The summed E-state index contributed by atoms with van der Waals surface area (Å²) in [5.41, 5.74) is 2.34. The second kappa shape index (κ2) is 5.35. The van der Waals surface area contributed by atoms with Crippen LogP contribution in [0.5, 0.6) is 0 Å². The fraction of sp³-hybridized carbons (Fsp3) is 0.462. The van der Waals surface area contributed by atoms with E-state index in [0.717, 1.165) is 30.2 Å². The lowest BCUT2D eigenvalue weighted by molar-refractivity contribution is 0.603. The van der Waals surface area contributed by atoms with E-state index in [2.05, 4.69) is 34.7 Å². The molecular weight excluding hydrogens is 220 g/mol. The number of hydrogen-bond donors (Lipinski definition) is 0. The van der Waals surface area contributed by atoms with Gasteiger partial charge in [-0.1, -0.05) is 18.6 Å². The van der Waals surface area contributed by atoms with E-state index in [0.29, 0.717) is 0 Å². The van der Waals surface area contributed by atoms with Crippen LogP contribution in [0.25, 0.3) is 11.0 Å². The van der Waals surface area contributed by atoms with Crippen molar-refractivity contribution in [3.63, 3.8) is 0 Å². The van der Waals surface area contributed by atoms with E-state index in [1.165, 1.54) is 18.4 Å². The zero-order chi connectivity index (χ0) is 11.4. The molecule has 0 aliphatic heterocycles. The smallest absolute Gasteiger partial charge is 0.106 e. The molecule has 0 atom stereocenters. The zero-order valence-electron chi connectivity index (χ0n) is 9.62. The average molecular weight is 237 g/mol. The van der Waals surface area contributed by atoms with Crippen LogP contribution in [0, 0.1) is 6.92 Å². The highest BCUT2D eigenvalue weighted by Gasteiger charge is 2.05. The Morgan fingerprint density at radius 2 is 2.00 bits per heavy atom. The first-order chi connectivity index (χ1) is 7.83. The Bertz CT molecular complexity index is 462. The molecule has 1 aromatic heterocycles. The van der Waals surface area contributed by atoms with Gasteiger partial charge in [-0.25, -0.2) is 4.98 Å². The molecule has 2 nitrogen and oxygen atoms in total. The van der Waals surface area contributed by atoms with Crippen molar-refractivity contribution in [1.82, 2.24) is 9.55 Å². The van der Waals surface area contributed by atoms with Crippen molar-refractivity contribution in [2.75, 3.05) is 5.88 Å². The summed E-state index contributed by atoms with van der Waals surface area (Å²) in [5.74, 6) is 1.87. The third kappa shape index (κ3) is 2.38. The molecule has 16 heavy (non-hydrogen) atoms. The van der Waals surface area contributed by atoms with Crippen LogP contribution in [-0.2, 0) is 6.54 Å². The molecule has 0 N–H and O–H groups in total. The van der Waals surface area contributed by atoms with Gasteiger partial charge in [0.1, 0.15) is 5.82 Å². The molecular formula is C13H17ClN2. The number of para-hydroxylation sites is 2. The van der Waals surface area contributed by atoms with Crippen molar-refractivity contribution in [2.45, 2.75) is 32.7 Å². The van der Waals surface area contributed by atoms with Crippen LogP contribution in [-0.4, -0.2) is 15.4 Å². The van der Waals surface area contributed by atoms with Crippen molar-refractivity contribution >= 4 is 22.6 Å². The number of hydrogen-bond acceptors (Lipinski definition) is 1. The van der Waals surface area contributed by atoms with Gasteiger partial charge in [0, 0.05) is 12.4 Å². The molecule has 2 aromatic rings. The summed E-state index contributed by atoms with van der Waals surface area (Å²) in [7, 11) is 0. The number of aryl methyl sites for hydroxylation is 2. The van der Waals surface area contributed by atoms with Gasteiger partial charge in [0.25, 0.3) is 0 Å². The van der Waals surface area contributed by atoms with Gasteiger partial charge in [-0.15, -0.1) is 11.6 Å². The van der Waals surface area contributed by atoms with Crippen LogP contribution in [0.3, 0.4) is 0 Å². The van der Waals surface area contributed by atoms with Gasteiger partial charge < -0.3 is 4.57 Å². The van der Waals surface area contributed by atoms with Crippen molar-refractivity contribution in [2.24, 2.45) is 0 Å². The van der Waals surface area contributed by atoms with E-state index in [9.17, 15) is 0 Å². The molecule has 0 spiro atoms. The van der Waals surface area contributed by atoms with E-state index in [-0.39, 0.29) is 0 Å². The van der Waals surface area contributed by atoms with E-state index < -0.39 is 0 Å². The molecule has 0 saturated heterocycles. The monoisotopic (exact) mass is 236 g/mol. The van der Waals surface area contributed by atoms with Crippen LogP contribution in [0.4, 0.5) is 0 Å². The quantitative estimate of drug-likeness (QED) is 0.571. The number of nitrogens with zero attached hydrogens (tertiary/aromatic N) is 2. The van der Waals surface area contributed by atoms with Crippen molar-refractivity contribution in [3.8, 4) is 0 Å². The number of imidazole rings is 1. The highest BCUT2D eigenvalue weighted by atomic mass is 35.5. The number of alkyl halides is 1. The lowest BCUT2D eigenvalue weighted by Gasteiger charge is -2.05. The molecule has 2 rings (SSSR count). The molecule has 0 aliphatic rings. The van der Waals surface area contributed by atoms with Gasteiger partial charge in [-0.05, 0) is 31.9 Å². The van der Waals surface area contributed by atoms with Crippen LogP contribution in [0.2, 0.25) is 0 Å². The zero-order valence-corrected chi connectivity index (χ0v) is 10.4. The Morgan fingerprint density at radius 3 is 2.81 bits per heavy atom. The minimum Gasteiger partial charge on any atom is -0.328 e. The normalized spacial score (nSPS) is 11.1. The maximum atomic E-state index is 5.67. The molecule has 0 fully saturated rings. The standard InChI is InChI=1S/C13H17ClN2/c1-11-15-12-7-3-4-8-13(12)16(11)10-6-2-5-9-14/h3-4,7-8H,2,5-6,9-10H2,1H3. The lowest BCUT2D eigenvalue weighted by Crippen LogP contribution is -2.00. The van der Waals surface area contributed by atoms with Gasteiger partial charge in [-0.2, -0.15) is 0 Å². The third-order valence-corrected chi connectivity index (χ3v) is 3.13. The summed E-state index contributed by atoms with van der Waals surface area (Å²) < 4.78 is 2.30. The molecule has 0 bridgehead atoms. The minimum absolute atomic E-state index is 0.768. The molecule has 0 saturated carbocycles. The minimum atomic E-state index is 0.768. The molecule has 1 aromatic carbocycles. The number of benzene rings is 1. The molecule has 1 heterocycles. The van der Waals surface area contributed by atoms with Gasteiger partial charge in [0.2, 0.25) is 0 Å². The van der Waals surface area contributed by atoms with Crippen LogP contribution in [0.15, 0.2) is 24.3 Å². The second-order valence-electron chi connectivity index (χ2n) is 4.05. The van der Waals surface area contributed by atoms with E-state index >= 15 is 0 Å². The first kappa shape index (κ1) is 11.5. The molecule has 0 aliphatic carbocycles. The van der Waals surface area contributed by atoms with Crippen LogP contribution in [0.1, 0.15) is 25.1 Å². The maximum absolute atomic E-state index is 5.67. The Hall–Kier alpha value is -1.02.